The van der Waals surface area contributed by atoms with Gasteiger partial charge in [-0.1, -0.05) is 42.5 Å². The molecule has 2 aliphatic rings. The molecule has 2 heterocycles. The number of likely N-dealkylation sites (tertiary alicyclic amines) is 1. The van der Waals surface area contributed by atoms with Crippen molar-refractivity contribution in [3.8, 4) is 11.8 Å². The summed E-state index contributed by atoms with van der Waals surface area (Å²) in [4.78, 5) is 2.33. The molecule has 6 heteroatoms. The first-order valence-corrected chi connectivity index (χ1v) is 11.6. The summed E-state index contributed by atoms with van der Waals surface area (Å²) in [5.41, 5.74) is 5.39. The van der Waals surface area contributed by atoms with E-state index in [2.05, 4.69) is 58.0 Å². The zero-order valence-electron chi connectivity index (χ0n) is 18.5. The zero-order chi connectivity index (χ0) is 22.8. The second kappa shape index (κ2) is 9.13. The van der Waals surface area contributed by atoms with Gasteiger partial charge in [-0.3, -0.25) is 0 Å². The van der Waals surface area contributed by atoms with E-state index >= 15 is 0 Å². The number of hydrogen-bond acceptors (Lipinski definition) is 4. The topological polar surface area (TPSA) is 60.3 Å². The third-order valence-corrected chi connectivity index (χ3v) is 7.09. The quantitative estimate of drug-likeness (QED) is 0.531. The number of nitrogens with zero attached hydrogens (tertiary/aromatic N) is 2. The molecule has 0 saturated carbocycles. The van der Waals surface area contributed by atoms with E-state index in [1.54, 1.807) is 7.11 Å². The van der Waals surface area contributed by atoms with Crippen LogP contribution in [0.4, 0.5) is 5.69 Å². The lowest BCUT2D eigenvalue weighted by Crippen LogP contribution is -2.42. The molecule has 0 radical (unpaired) electrons. The van der Waals surface area contributed by atoms with Crippen LogP contribution in [0.25, 0.3) is 0 Å². The van der Waals surface area contributed by atoms with Crippen LogP contribution in [0, 0.1) is 17.2 Å². The van der Waals surface area contributed by atoms with Crippen molar-refractivity contribution in [3.05, 3.63) is 95.1 Å². The molecule has 0 aliphatic carbocycles. The van der Waals surface area contributed by atoms with Crippen molar-refractivity contribution in [2.75, 3.05) is 19.0 Å². The van der Waals surface area contributed by atoms with Gasteiger partial charge in [-0.15, -0.1) is 0 Å². The van der Waals surface area contributed by atoms with Gasteiger partial charge in [0, 0.05) is 30.3 Å². The number of ether oxygens (including phenoxy) is 1. The summed E-state index contributed by atoms with van der Waals surface area (Å²) in [6.07, 6.45) is 1.02. The highest BCUT2D eigenvalue weighted by atomic mass is 32.1. The van der Waals surface area contributed by atoms with Crippen molar-refractivity contribution in [1.29, 1.82) is 5.26 Å². The molecule has 33 heavy (non-hydrogen) atoms. The van der Waals surface area contributed by atoms with Crippen LogP contribution in [0.3, 0.4) is 0 Å². The van der Waals surface area contributed by atoms with Gasteiger partial charge in [0.15, 0.2) is 5.11 Å². The summed E-state index contributed by atoms with van der Waals surface area (Å²) in [5, 5.41) is 17.2. The predicted molar refractivity (Wildman–Crippen MR) is 134 cm³/mol. The Hall–Kier alpha value is -3.56. The van der Waals surface area contributed by atoms with E-state index in [4.69, 9.17) is 17.0 Å². The molecule has 0 unspecified atom stereocenters. The lowest BCUT2D eigenvalue weighted by atomic mass is 9.80. The van der Waals surface area contributed by atoms with Crippen LogP contribution < -0.4 is 15.4 Å². The maximum atomic E-state index is 9.19. The number of anilines is 1. The van der Waals surface area contributed by atoms with Gasteiger partial charge in [0.05, 0.1) is 30.8 Å². The molecule has 1 fully saturated rings. The Kier molecular flexibility index (Phi) is 5.89. The van der Waals surface area contributed by atoms with Crippen molar-refractivity contribution in [2.24, 2.45) is 5.92 Å². The van der Waals surface area contributed by atoms with Gasteiger partial charge in [-0.05, 0) is 60.1 Å². The minimum atomic E-state index is 0.144. The van der Waals surface area contributed by atoms with E-state index in [1.807, 2.05) is 36.4 Å². The number of methoxy groups -OCH3 is 1. The van der Waals surface area contributed by atoms with E-state index in [0.29, 0.717) is 18.0 Å². The molecule has 2 aliphatic heterocycles. The average molecular weight is 455 g/mol. The number of rotatable bonds is 4. The summed E-state index contributed by atoms with van der Waals surface area (Å²) in [7, 11) is 1.70. The third kappa shape index (κ3) is 4.12. The van der Waals surface area contributed by atoms with E-state index in [-0.39, 0.29) is 12.1 Å². The molecule has 3 aromatic carbocycles. The van der Waals surface area contributed by atoms with E-state index in [1.165, 1.54) is 16.7 Å². The highest BCUT2D eigenvalue weighted by Crippen LogP contribution is 2.51. The number of thiocarbonyl (C=S) groups is 1. The van der Waals surface area contributed by atoms with Crippen LogP contribution >= 0.6 is 12.2 Å². The van der Waals surface area contributed by atoms with Gasteiger partial charge in [0.2, 0.25) is 0 Å². The second-order valence-electron chi connectivity index (χ2n) is 8.54. The maximum absolute atomic E-state index is 9.19. The van der Waals surface area contributed by atoms with Gasteiger partial charge >= 0.3 is 0 Å². The first-order chi connectivity index (χ1) is 16.2. The van der Waals surface area contributed by atoms with E-state index in [9.17, 15) is 5.26 Å². The molecule has 0 bridgehead atoms. The number of nitrogens with one attached hydrogen (secondary N) is 2. The number of nitriles is 1. The summed E-state index contributed by atoms with van der Waals surface area (Å²) in [5.74, 6) is 1.19. The van der Waals surface area contributed by atoms with Crippen LogP contribution in [-0.4, -0.2) is 23.7 Å². The molecule has 1 saturated heterocycles. The molecule has 5 rings (SSSR count). The van der Waals surface area contributed by atoms with Crippen LogP contribution in [-0.2, 0) is 6.54 Å². The summed E-state index contributed by atoms with van der Waals surface area (Å²) >= 11 is 5.89. The van der Waals surface area contributed by atoms with Crippen LogP contribution in [0.5, 0.6) is 5.75 Å². The molecular weight excluding hydrogens is 428 g/mol. The SMILES string of the molecule is COc1ccc2c(c1)[C@@H]1[C@@H](CCN1C(=S)NCc1ccccc1)[C@@H](c1ccc(C#N)cc1)N2. The molecule has 3 atom stereocenters. The van der Waals surface area contributed by atoms with Crippen molar-refractivity contribution < 1.29 is 4.74 Å². The van der Waals surface area contributed by atoms with Crippen molar-refractivity contribution in [1.82, 2.24) is 10.2 Å². The molecule has 2 N–H and O–H groups in total. The maximum Gasteiger partial charge on any atom is 0.169 e. The fourth-order valence-corrected chi connectivity index (χ4v) is 5.36. The largest absolute Gasteiger partial charge is 0.497 e. The van der Waals surface area contributed by atoms with Crippen LogP contribution in [0.1, 0.15) is 40.8 Å². The Morgan fingerprint density at radius 3 is 2.67 bits per heavy atom. The van der Waals surface area contributed by atoms with Gasteiger partial charge in [-0.25, -0.2) is 0 Å². The lowest BCUT2D eigenvalue weighted by Gasteiger charge is -2.41. The summed E-state index contributed by atoms with van der Waals surface area (Å²) in [6, 6.07) is 27.0. The summed E-state index contributed by atoms with van der Waals surface area (Å²) < 4.78 is 5.54. The number of fused-ring (bicyclic) bond motifs is 3. The van der Waals surface area contributed by atoms with Crippen molar-refractivity contribution >= 4 is 23.0 Å². The molecular formula is C27H26N4OS. The normalized spacial score (nSPS) is 20.7. The van der Waals surface area contributed by atoms with Crippen molar-refractivity contribution in [3.63, 3.8) is 0 Å². The zero-order valence-corrected chi connectivity index (χ0v) is 19.3. The second-order valence-corrected chi connectivity index (χ2v) is 8.93. The standard InChI is InChI=1S/C27H26N4OS/c1-32-21-11-12-24-23(15-21)26-22(25(30-24)20-9-7-18(16-28)8-10-20)13-14-31(26)27(33)29-17-19-5-3-2-4-6-19/h2-12,15,22,25-26,30H,13-14,17H2,1H3,(H,29,33)/t22-,25+,26-/m0/s1. The average Bonchev–Trinajstić information content (AvgIpc) is 3.33. The van der Waals surface area contributed by atoms with E-state index < -0.39 is 0 Å². The minimum Gasteiger partial charge on any atom is -0.497 e. The Balaban J connectivity index is 1.46. The fourth-order valence-electron chi connectivity index (χ4n) is 5.08. The summed E-state index contributed by atoms with van der Waals surface area (Å²) in [6.45, 7) is 1.59. The first kappa shape index (κ1) is 21.3. The molecule has 0 spiro atoms. The van der Waals surface area contributed by atoms with Gasteiger partial charge in [0.1, 0.15) is 5.75 Å². The highest BCUT2D eigenvalue weighted by Gasteiger charge is 2.45. The Labute approximate surface area is 200 Å². The van der Waals surface area contributed by atoms with Crippen LogP contribution in [0.2, 0.25) is 0 Å². The minimum absolute atomic E-state index is 0.144. The lowest BCUT2D eigenvalue weighted by molar-refractivity contribution is 0.300. The van der Waals surface area contributed by atoms with Gasteiger partial charge < -0.3 is 20.3 Å². The Morgan fingerprint density at radius 1 is 1.15 bits per heavy atom. The predicted octanol–water partition coefficient (Wildman–Crippen LogP) is 5.17. The fraction of sp³-hybridized carbons (Fsp3) is 0.259. The molecule has 0 aromatic heterocycles. The van der Waals surface area contributed by atoms with Crippen molar-refractivity contribution in [2.45, 2.75) is 25.0 Å². The molecule has 0 amide bonds. The molecule has 166 valence electrons. The van der Waals surface area contributed by atoms with Gasteiger partial charge in [0.25, 0.3) is 0 Å². The Bertz CT molecular complexity index is 1190. The molecule has 5 nitrogen and oxygen atoms in total. The monoisotopic (exact) mass is 454 g/mol. The van der Waals surface area contributed by atoms with Crippen LogP contribution in [0.15, 0.2) is 72.8 Å². The third-order valence-electron chi connectivity index (χ3n) is 6.71. The first-order valence-electron chi connectivity index (χ1n) is 11.2. The Morgan fingerprint density at radius 2 is 1.94 bits per heavy atom. The smallest absolute Gasteiger partial charge is 0.169 e. The molecule has 3 aromatic rings. The van der Waals surface area contributed by atoms with Gasteiger partial charge in [-0.2, -0.15) is 5.26 Å². The van der Waals surface area contributed by atoms with E-state index in [0.717, 1.165) is 29.5 Å². The highest BCUT2D eigenvalue weighted by molar-refractivity contribution is 7.80. The number of hydrogen-bond donors (Lipinski definition) is 2. The number of benzene rings is 3.